The van der Waals surface area contributed by atoms with E-state index in [0.717, 1.165) is 0 Å². The van der Waals surface area contributed by atoms with Gasteiger partial charge in [0.1, 0.15) is 5.82 Å². The average Bonchev–Trinajstić information content (AvgIpc) is 2.94. The lowest BCUT2D eigenvalue weighted by molar-refractivity contribution is -0.119. The van der Waals surface area contributed by atoms with Gasteiger partial charge in [0.05, 0.1) is 6.04 Å². The number of halogens is 1. The van der Waals surface area contributed by atoms with E-state index in [1.165, 1.54) is 6.07 Å². The summed E-state index contributed by atoms with van der Waals surface area (Å²) in [7, 11) is 0. The standard InChI is InChI=1S/C17H14FNO2/c18-14-8-4-3-6-12(14)11-5-1-2-7-13(11)17(21)15-9-10-16(20)19-15/h1-8,15H,9-10H2,(H,19,20). The van der Waals surface area contributed by atoms with Crippen LogP contribution in [0, 0.1) is 5.82 Å². The summed E-state index contributed by atoms with van der Waals surface area (Å²) in [6.07, 6.45) is 0.849. The summed E-state index contributed by atoms with van der Waals surface area (Å²) in [5.41, 5.74) is 1.39. The summed E-state index contributed by atoms with van der Waals surface area (Å²) in [6.45, 7) is 0. The molecule has 1 saturated heterocycles. The Balaban J connectivity index is 2.02. The van der Waals surface area contributed by atoms with Crippen LogP contribution in [0.25, 0.3) is 11.1 Å². The zero-order chi connectivity index (χ0) is 14.8. The van der Waals surface area contributed by atoms with E-state index in [1.807, 2.05) is 0 Å². The second-order valence-corrected chi connectivity index (χ2v) is 5.05. The first-order chi connectivity index (χ1) is 10.2. The van der Waals surface area contributed by atoms with Gasteiger partial charge in [0.15, 0.2) is 5.78 Å². The van der Waals surface area contributed by atoms with Crippen molar-refractivity contribution in [3.63, 3.8) is 0 Å². The zero-order valence-electron chi connectivity index (χ0n) is 11.3. The number of amides is 1. The van der Waals surface area contributed by atoms with E-state index in [0.29, 0.717) is 29.5 Å². The van der Waals surface area contributed by atoms with E-state index in [1.54, 1.807) is 42.5 Å². The van der Waals surface area contributed by atoms with Crippen molar-refractivity contribution in [2.75, 3.05) is 0 Å². The summed E-state index contributed by atoms with van der Waals surface area (Å²) in [4.78, 5) is 23.8. The van der Waals surface area contributed by atoms with Crippen LogP contribution in [0.1, 0.15) is 23.2 Å². The lowest BCUT2D eigenvalue weighted by Crippen LogP contribution is -2.33. The summed E-state index contributed by atoms with van der Waals surface area (Å²) >= 11 is 0. The Bertz CT molecular complexity index is 711. The number of hydrogen-bond acceptors (Lipinski definition) is 2. The highest BCUT2D eigenvalue weighted by Gasteiger charge is 2.29. The van der Waals surface area contributed by atoms with E-state index in [-0.39, 0.29) is 17.5 Å². The molecule has 1 atom stereocenters. The third kappa shape index (κ3) is 2.57. The number of carbonyl (C=O) groups is 2. The molecule has 1 fully saturated rings. The van der Waals surface area contributed by atoms with Crippen LogP contribution in [-0.2, 0) is 4.79 Å². The van der Waals surface area contributed by atoms with Gasteiger partial charge in [-0.3, -0.25) is 9.59 Å². The minimum atomic E-state index is -0.509. The van der Waals surface area contributed by atoms with Gasteiger partial charge in [-0.2, -0.15) is 0 Å². The summed E-state index contributed by atoms with van der Waals surface area (Å²) < 4.78 is 14.0. The van der Waals surface area contributed by atoms with Gasteiger partial charge >= 0.3 is 0 Å². The van der Waals surface area contributed by atoms with E-state index in [9.17, 15) is 14.0 Å². The molecule has 1 N–H and O–H groups in total. The average molecular weight is 283 g/mol. The van der Waals surface area contributed by atoms with Crippen molar-refractivity contribution in [2.45, 2.75) is 18.9 Å². The quantitative estimate of drug-likeness (QED) is 0.880. The van der Waals surface area contributed by atoms with Crippen LogP contribution in [0.2, 0.25) is 0 Å². The Labute approximate surface area is 121 Å². The first-order valence-electron chi connectivity index (χ1n) is 6.84. The topological polar surface area (TPSA) is 46.2 Å². The largest absolute Gasteiger partial charge is 0.346 e. The maximum Gasteiger partial charge on any atom is 0.220 e. The zero-order valence-corrected chi connectivity index (χ0v) is 11.3. The number of carbonyl (C=O) groups excluding carboxylic acids is 2. The van der Waals surface area contributed by atoms with Crippen LogP contribution in [0.5, 0.6) is 0 Å². The van der Waals surface area contributed by atoms with Gasteiger partial charge in [0.25, 0.3) is 0 Å². The van der Waals surface area contributed by atoms with Crippen molar-refractivity contribution in [1.82, 2.24) is 5.32 Å². The minimum Gasteiger partial charge on any atom is -0.346 e. The monoisotopic (exact) mass is 283 g/mol. The fraction of sp³-hybridized carbons (Fsp3) is 0.176. The van der Waals surface area contributed by atoms with E-state index >= 15 is 0 Å². The van der Waals surface area contributed by atoms with Crippen LogP contribution < -0.4 is 5.32 Å². The van der Waals surface area contributed by atoms with Crippen LogP contribution in [0.4, 0.5) is 4.39 Å². The van der Waals surface area contributed by atoms with Gasteiger partial charge in [-0.25, -0.2) is 4.39 Å². The molecular weight excluding hydrogens is 269 g/mol. The molecule has 1 amide bonds. The first kappa shape index (κ1) is 13.5. The molecule has 0 radical (unpaired) electrons. The van der Waals surface area contributed by atoms with Crippen molar-refractivity contribution < 1.29 is 14.0 Å². The van der Waals surface area contributed by atoms with E-state index < -0.39 is 6.04 Å². The van der Waals surface area contributed by atoms with Gasteiger partial charge in [0, 0.05) is 17.5 Å². The van der Waals surface area contributed by atoms with Crippen molar-refractivity contribution in [2.24, 2.45) is 0 Å². The highest BCUT2D eigenvalue weighted by atomic mass is 19.1. The molecule has 21 heavy (non-hydrogen) atoms. The molecule has 0 spiro atoms. The highest BCUT2D eigenvalue weighted by Crippen LogP contribution is 2.28. The minimum absolute atomic E-state index is 0.114. The number of ketones is 1. The molecule has 0 saturated carbocycles. The number of rotatable bonds is 3. The Morgan fingerprint density at radius 3 is 2.38 bits per heavy atom. The molecule has 0 bridgehead atoms. The third-order valence-corrected chi connectivity index (χ3v) is 3.67. The molecule has 0 aromatic heterocycles. The van der Waals surface area contributed by atoms with Gasteiger partial charge in [-0.05, 0) is 18.1 Å². The molecule has 1 aliphatic rings. The molecule has 4 heteroatoms. The van der Waals surface area contributed by atoms with Gasteiger partial charge in [-0.15, -0.1) is 0 Å². The smallest absolute Gasteiger partial charge is 0.220 e. The maximum atomic E-state index is 14.0. The van der Waals surface area contributed by atoms with Crippen LogP contribution in [0.3, 0.4) is 0 Å². The lowest BCUT2D eigenvalue weighted by Gasteiger charge is -2.13. The molecule has 3 rings (SSSR count). The molecule has 0 aliphatic carbocycles. The van der Waals surface area contributed by atoms with Crippen molar-refractivity contribution in [3.05, 3.63) is 59.9 Å². The fourth-order valence-electron chi connectivity index (χ4n) is 2.61. The molecule has 1 heterocycles. The van der Waals surface area contributed by atoms with Crippen LogP contribution in [-0.4, -0.2) is 17.7 Å². The molecule has 3 nitrogen and oxygen atoms in total. The van der Waals surface area contributed by atoms with Gasteiger partial charge < -0.3 is 5.32 Å². The summed E-state index contributed by atoms with van der Waals surface area (Å²) in [5.74, 6) is -0.648. The van der Waals surface area contributed by atoms with E-state index in [4.69, 9.17) is 0 Å². The number of nitrogens with one attached hydrogen (secondary N) is 1. The second-order valence-electron chi connectivity index (χ2n) is 5.05. The van der Waals surface area contributed by atoms with Crippen LogP contribution >= 0.6 is 0 Å². The van der Waals surface area contributed by atoms with Crippen molar-refractivity contribution in [3.8, 4) is 11.1 Å². The molecule has 1 aliphatic heterocycles. The summed E-state index contributed by atoms with van der Waals surface area (Å²) in [5, 5.41) is 2.66. The Kier molecular flexibility index (Phi) is 3.52. The predicted octanol–water partition coefficient (Wildman–Crippen LogP) is 2.95. The van der Waals surface area contributed by atoms with Gasteiger partial charge in [-0.1, -0.05) is 42.5 Å². The molecule has 106 valence electrons. The first-order valence-corrected chi connectivity index (χ1v) is 6.84. The molecule has 2 aromatic rings. The summed E-state index contributed by atoms with van der Waals surface area (Å²) in [6, 6.07) is 12.8. The number of hydrogen-bond donors (Lipinski definition) is 1. The normalized spacial score (nSPS) is 17.6. The van der Waals surface area contributed by atoms with Crippen LogP contribution in [0.15, 0.2) is 48.5 Å². The molecule has 1 unspecified atom stereocenters. The lowest BCUT2D eigenvalue weighted by atomic mass is 9.93. The Morgan fingerprint density at radius 1 is 1.05 bits per heavy atom. The number of Topliss-reactive ketones (excluding diaryl/α,β-unsaturated/α-hetero) is 1. The molecular formula is C17H14FNO2. The highest BCUT2D eigenvalue weighted by molar-refractivity contribution is 6.07. The maximum absolute atomic E-state index is 14.0. The molecule has 2 aromatic carbocycles. The van der Waals surface area contributed by atoms with Crippen molar-refractivity contribution >= 4 is 11.7 Å². The fourth-order valence-corrected chi connectivity index (χ4v) is 2.61. The Morgan fingerprint density at radius 2 is 1.71 bits per heavy atom. The SMILES string of the molecule is O=C1CCC(C(=O)c2ccccc2-c2ccccc2F)N1. The third-order valence-electron chi connectivity index (χ3n) is 3.67. The second kappa shape index (κ2) is 5.48. The number of benzene rings is 2. The Hall–Kier alpha value is -2.49. The predicted molar refractivity (Wildman–Crippen MR) is 77.3 cm³/mol. The van der Waals surface area contributed by atoms with Gasteiger partial charge in [0.2, 0.25) is 5.91 Å². The van der Waals surface area contributed by atoms with Crippen molar-refractivity contribution in [1.29, 1.82) is 0 Å². The van der Waals surface area contributed by atoms with E-state index in [2.05, 4.69) is 5.32 Å².